The third-order valence-corrected chi connectivity index (χ3v) is 6.66. The van der Waals surface area contributed by atoms with Crippen molar-refractivity contribution in [3.05, 3.63) is 89.0 Å². The number of benzene rings is 3. The molecule has 1 unspecified atom stereocenters. The molecule has 0 amide bonds. The van der Waals surface area contributed by atoms with Crippen molar-refractivity contribution in [2.24, 2.45) is 0 Å². The van der Waals surface area contributed by atoms with Gasteiger partial charge in [-0.2, -0.15) is 0 Å². The van der Waals surface area contributed by atoms with Crippen molar-refractivity contribution >= 4 is 20.4 Å². The monoisotopic (exact) mass is 464 g/mol. The van der Waals surface area contributed by atoms with Crippen LogP contribution in [0.5, 0.6) is 17.2 Å². The number of hydrogen-bond donors (Lipinski definition) is 0. The fourth-order valence-electron chi connectivity index (χ4n) is 3.45. The van der Waals surface area contributed by atoms with E-state index >= 15 is 0 Å². The Morgan fingerprint density at radius 3 is 2.24 bits per heavy atom. The maximum absolute atomic E-state index is 13.5. The minimum atomic E-state index is -1.39. The molecule has 0 saturated carbocycles. The number of hydrogen-bond acceptors (Lipinski definition) is 5. The van der Waals surface area contributed by atoms with Crippen LogP contribution in [0.25, 0.3) is 0 Å². The molecule has 0 spiro atoms. The van der Waals surface area contributed by atoms with Crippen LogP contribution in [0.2, 0.25) is 0 Å². The summed E-state index contributed by atoms with van der Waals surface area (Å²) < 4.78 is 17.8. The van der Waals surface area contributed by atoms with E-state index in [1.54, 1.807) is 30.3 Å². The second kappa shape index (κ2) is 12.2. The van der Waals surface area contributed by atoms with Crippen LogP contribution in [0.4, 0.5) is 0 Å². The first-order chi connectivity index (χ1) is 16.1. The Labute approximate surface area is 196 Å². The highest BCUT2D eigenvalue weighted by atomic mass is 31.2. The molecule has 0 saturated heterocycles. The standard InChI is InChI=1S/C27H29O5P/c1-4-10-21-11-6-7-12-22(21)27(29)23-13-8-9-14-24(23)31-33(17-5-2)32-25-16-15-20(19-28)18-26(25)30-3/h6-9,11-16,18-19H,4-5,10,17H2,1-3H3. The first-order valence-corrected chi connectivity index (χ1v) is 12.5. The van der Waals surface area contributed by atoms with E-state index in [4.69, 9.17) is 13.8 Å². The van der Waals surface area contributed by atoms with E-state index in [2.05, 4.69) is 6.92 Å². The summed E-state index contributed by atoms with van der Waals surface area (Å²) in [6.45, 7) is 4.15. The molecule has 0 bridgehead atoms. The van der Waals surface area contributed by atoms with E-state index in [1.165, 1.54) is 7.11 Å². The number of para-hydroxylation sites is 1. The van der Waals surface area contributed by atoms with Gasteiger partial charge < -0.3 is 13.8 Å². The number of rotatable bonds is 12. The van der Waals surface area contributed by atoms with Crippen LogP contribution in [0.15, 0.2) is 66.7 Å². The predicted molar refractivity (Wildman–Crippen MR) is 132 cm³/mol. The van der Waals surface area contributed by atoms with E-state index in [9.17, 15) is 9.59 Å². The number of ether oxygens (including phenoxy) is 1. The SMILES string of the molecule is CCCc1ccccc1C(=O)c1ccccc1OP(CCC)Oc1ccc(C=O)cc1OC. The lowest BCUT2D eigenvalue weighted by atomic mass is 9.95. The molecular formula is C27H29O5P. The molecular weight excluding hydrogens is 435 g/mol. The van der Waals surface area contributed by atoms with E-state index in [0.29, 0.717) is 40.1 Å². The molecule has 5 nitrogen and oxygen atoms in total. The molecule has 0 aromatic heterocycles. The maximum Gasteiger partial charge on any atom is 0.290 e. The van der Waals surface area contributed by atoms with Gasteiger partial charge in [0.05, 0.1) is 12.7 Å². The van der Waals surface area contributed by atoms with E-state index in [0.717, 1.165) is 31.1 Å². The smallest absolute Gasteiger partial charge is 0.290 e. The normalized spacial score (nSPS) is 11.5. The molecule has 0 aliphatic carbocycles. The second-order valence-electron chi connectivity index (χ2n) is 7.50. The van der Waals surface area contributed by atoms with Crippen molar-refractivity contribution in [3.63, 3.8) is 0 Å². The Morgan fingerprint density at radius 2 is 1.55 bits per heavy atom. The zero-order chi connectivity index (χ0) is 23.6. The lowest BCUT2D eigenvalue weighted by molar-refractivity contribution is 0.103. The summed E-state index contributed by atoms with van der Waals surface area (Å²) in [4.78, 5) is 24.6. The molecule has 0 radical (unpaired) electrons. The van der Waals surface area contributed by atoms with Crippen molar-refractivity contribution in [1.29, 1.82) is 0 Å². The molecule has 172 valence electrons. The minimum absolute atomic E-state index is 0.0611. The van der Waals surface area contributed by atoms with Gasteiger partial charge in [0.15, 0.2) is 17.3 Å². The van der Waals surface area contributed by atoms with Crippen LogP contribution in [-0.4, -0.2) is 25.3 Å². The maximum atomic E-state index is 13.5. The highest BCUT2D eigenvalue weighted by Gasteiger charge is 2.22. The number of carbonyl (C=O) groups is 2. The lowest BCUT2D eigenvalue weighted by Crippen LogP contribution is -2.08. The minimum Gasteiger partial charge on any atom is -0.493 e. The highest BCUT2D eigenvalue weighted by Crippen LogP contribution is 2.45. The van der Waals surface area contributed by atoms with Crippen molar-refractivity contribution < 1.29 is 23.4 Å². The molecule has 6 heteroatoms. The third-order valence-electron chi connectivity index (χ3n) is 5.04. The van der Waals surface area contributed by atoms with Gasteiger partial charge in [0.25, 0.3) is 8.38 Å². The number of ketones is 1. The van der Waals surface area contributed by atoms with Gasteiger partial charge in [0.1, 0.15) is 12.0 Å². The predicted octanol–water partition coefficient (Wildman–Crippen LogP) is 6.87. The zero-order valence-electron chi connectivity index (χ0n) is 19.2. The summed E-state index contributed by atoms with van der Waals surface area (Å²) in [5.41, 5.74) is 2.74. The van der Waals surface area contributed by atoms with Gasteiger partial charge in [-0.3, -0.25) is 9.59 Å². The Kier molecular flexibility index (Phi) is 9.03. The van der Waals surface area contributed by atoms with E-state index in [1.807, 2.05) is 43.3 Å². The second-order valence-corrected chi connectivity index (χ2v) is 8.98. The molecule has 3 rings (SSSR count). The summed E-state index contributed by atoms with van der Waals surface area (Å²) in [6, 6.07) is 20.0. The van der Waals surface area contributed by atoms with E-state index < -0.39 is 8.38 Å². The van der Waals surface area contributed by atoms with Crippen LogP contribution in [0.1, 0.15) is 58.5 Å². The Morgan fingerprint density at radius 1 is 0.848 bits per heavy atom. The third kappa shape index (κ3) is 6.21. The summed E-state index contributed by atoms with van der Waals surface area (Å²) >= 11 is 0. The molecule has 0 aliphatic heterocycles. The van der Waals surface area contributed by atoms with Gasteiger partial charge in [-0.25, -0.2) is 0 Å². The molecule has 0 aliphatic rings. The number of aryl methyl sites for hydroxylation is 1. The van der Waals surface area contributed by atoms with Crippen molar-refractivity contribution in [1.82, 2.24) is 0 Å². The molecule has 33 heavy (non-hydrogen) atoms. The molecule has 0 heterocycles. The first kappa shape index (κ1) is 24.5. The zero-order valence-corrected chi connectivity index (χ0v) is 20.1. The van der Waals surface area contributed by atoms with Crippen molar-refractivity contribution in [3.8, 4) is 17.2 Å². The molecule has 3 aromatic carbocycles. The van der Waals surface area contributed by atoms with Gasteiger partial charge in [0.2, 0.25) is 0 Å². The van der Waals surface area contributed by atoms with Crippen LogP contribution < -0.4 is 13.8 Å². The van der Waals surface area contributed by atoms with Gasteiger partial charge >= 0.3 is 0 Å². The molecule has 1 atom stereocenters. The quantitative estimate of drug-likeness (QED) is 0.166. The Balaban J connectivity index is 1.89. The number of carbonyl (C=O) groups excluding carboxylic acids is 2. The first-order valence-electron chi connectivity index (χ1n) is 11.1. The summed E-state index contributed by atoms with van der Waals surface area (Å²) in [5.74, 6) is 1.40. The van der Waals surface area contributed by atoms with Gasteiger partial charge in [-0.1, -0.05) is 56.7 Å². The van der Waals surface area contributed by atoms with Crippen molar-refractivity contribution in [2.45, 2.75) is 33.1 Å². The topological polar surface area (TPSA) is 61.8 Å². The average molecular weight is 464 g/mol. The van der Waals surface area contributed by atoms with E-state index in [-0.39, 0.29) is 5.78 Å². The van der Waals surface area contributed by atoms with Gasteiger partial charge in [0, 0.05) is 17.3 Å². The largest absolute Gasteiger partial charge is 0.493 e. The van der Waals surface area contributed by atoms with Crippen LogP contribution >= 0.6 is 8.38 Å². The molecule has 0 fully saturated rings. The Bertz CT molecular complexity index is 1100. The van der Waals surface area contributed by atoms with Gasteiger partial charge in [-0.05, 0) is 48.7 Å². The van der Waals surface area contributed by atoms with Crippen LogP contribution in [-0.2, 0) is 6.42 Å². The highest BCUT2D eigenvalue weighted by molar-refractivity contribution is 7.48. The fraction of sp³-hybridized carbons (Fsp3) is 0.259. The Hall–Kier alpha value is -3.17. The fourth-order valence-corrected chi connectivity index (χ4v) is 4.79. The van der Waals surface area contributed by atoms with Crippen LogP contribution in [0.3, 0.4) is 0 Å². The number of methoxy groups -OCH3 is 1. The van der Waals surface area contributed by atoms with Gasteiger partial charge in [-0.15, -0.1) is 0 Å². The molecule has 0 N–H and O–H groups in total. The summed E-state index contributed by atoms with van der Waals surface area (Å²) in [5, 5.41) is 0. The summed E-state index contributed by atoms with van der Waals surface area (Å²) in [6.07, 6.45) is 4.07. The van der Waals surface area contributed by atoms with Crippen molar-refractivity contribution in [2.75, 3.05) is 13.3 Å². The number of aldehydes is 1. The van der Waals surface area contributed by atoms with Crippen LogP contribution in [0, 0.1) is 0 Å². The average Bonchev–Trinajstić information content (AvgIpc) is 2.85. The molecule has 3 aromatic rings. The lowest BCUT2D eigenvalue weighted by Gasteiger charge is -2.21. The summed E-state index contributed by atoms with van der Waals surface area (Å²) in [7, 11) is 0.135.